The van der Waals surface area contributed by atoms with Crippen molar-refractivity contribution in [1.82, 2.24) is 0 Å². The lowest BCUT2D eigenvalue weighted by atomic mass is 9.65. The number of Topliss-reactive ketones (excluding diaryl/α,β-unsaturated/α-hetero) is 1. The Labute approximate surface area is 230 Å². The van der Waals surface area contributed by atoms with Crippen LogP contribution in [0.15, 0.2) is 12.1 Å². The lowest BCUT2D eigenvalue weighted by molar-refractivity contribution is -0.143. The summed E-state index contributed by atoms with van der Waals surface area (Å²) in [7, 11) is 0. The first-order chi connectivity index (χ1) is 18.6. The summed E-state index contributed by atoms with van der Waals surface area (Å²) >= 11 is 0. The van der Waals surface area contributed by atoms with Gasteiger partial charge in [-0.1, -0.05) is 39.5 Å². The average molecular weight is 553 g/mol. The van der Waals surface area contributed by atoms with Gasteiger partial charge in [-0.05, 0) is 106 Å². The van der Waals surface area contributed by atoms with Crippen LogP contribution in [0.1, 0.15) is 126 Å². The highest BCUT2D eigenvalue weighted by molar-refractivity contribution is 5.97. The number of esters is 1. The minimum atomic E-state index is -5.07. The minimum Gasteiger partial charge on any atom is -0.423 e. The van der Waals surface area contributed by atoms with E-state index in [2.05, 4.69) is 6.92 Å². The maximum Gasteiger partial charge on any atom is 0.420 e. The molecule has 0 atom stereocenters. The van der Waals surface area contributed by atoms with E-state index < -0.39 is 46.5 Å². The molecule has 3 aliphatic rings. The van der Waals surface area contributed by atoms with E-state index in [9.17, 15) is 27.2 Å². The Bertz CT molecular complexity index is 980. The molecule has 218 valence electrons. The van der Waals surface area contributed by atoms with Crippen molar-refractivity contribution in [1.29, 1.82) is 0 Å². The molecule has 0 amide bonds. The Morgan fingerprint density at radius 3 is 1.74 bits per heavy atom. The maximum absolute atomic E-state index is 14.8. The number of halogens is 4. The molecule has 1 aromatic carbocycles. The van der Waals surface area contributed by atoms with Crippen LogP contribution < -0.4 is 4.74 Å². The van der Waals surface area contributed by atoms with Crippen molar-refractivity contribution in [2.75, 3.05) is 0 Å². The van der Waals surface area contributed by atoms with Gasteiger partial charge >= 0.3 is 12.1 Å². The zero-order valence-corrected chi connectivity index (χ0v) is 23.5. The molecule has 0 aromatic heterocycles. The predicted molar refractivity (Wildman–Crippen MR) is 143 cm³/mol. The van der Waals surface area contributed by atoms with E-state index in [0.29, 0.717) is 24.7 Å². The third-order valence-electron chi connectivity index (χ3n) is 10.1. The maximum atomic E-state index is 14.8. The molecular weight excluding hydrogens is 508 g/mol. The largest absolute Gasteiger partial charge is 0.423 e. The molecule has 3 nitrogen and oxygen atoms in total. The van der Waals surface area contributed by atoms with E-state index in [0.717, 1.165) is 42.7 Å². The van der Waals surface area contributed by atoms with Crippen molar-refractivity contribution in [2.45, 2.75) is 116 Å². The summed E-state index contributed by atoms with van der Waals surface area (Å²) in [6, 6.07) is 1.87. The molecule has 3 aliphatic carbocycles. The third kappa shape index (κ3) is 7.24. The standard InChI is InChI=1S/C32H44F4O3/c1-3-5-20-6-8-21(9-7-20)22-10-12-23(13-11-22)24-14-16-25(17-15-24)31(38)39-28-19-18-26(27(37)4-2)29(30(28)33)32(34,35)36/h18-25H,3-17H2,1-2H3. The molecule has 3 fully saturated rings. The highest BCUT2D eigenvalue weighted by atomic mass is 19.4. The first-order valence-electron chi connectivity index (χ1n) is 15.3. The molecule has 39 heavy (non-hydrogen) atoms. The molecule has 0 N–H and O–H groups in total. The van der Waals surface area contributed by atoms with Crippen molar-refractivity contribution in [3.05, 3.63) is 29.1 Å². The van der Waals surface area contributed by atoms with Gasteiger partial charge in [-0.2, -0.15) is 13.2 Å². The second kappa shape index (κ2) is 13.2. The summed E-state index contributed by atoms with van der Waals surface area (Å²) in [6.07, 6.45) is 11.2. The molecule has 0 bridgehead atoms. The van der Waals surface area contributed by atoms with Gasteiger partial charge in [0.25, 0.3) is 0 Å². The molecule has 4 rings (SSSR count). The van der Waals surface area contributed by atoms with Crippen LogP contribution in [0.2, 0.25) is 0 Å². The second-order valence-corrected chi connectivity index (χ2v) is 12.4. The van der Waals surface area contributed by atoms with Gasteiger partial charge in [0, 0.05) is 12.0 Å². The molecule has 0 unspecified atom stereocenters. The van der Waals surface area contributed by atoms with Crippen molar-refractivity contribution in [3.63, 3.8) is 0 Å². The van der Waals surface area contributed by atoms with Gasteiger partial charge in [-0.25, -0.2) is 4.39 Å². The van der Waals surface area contributed by atoms with Gasteiger partial charge in [0.2, 0.25) is 0 Å². The van der Waals surface area contributed by atoms with Gasteiger partial charge in [0.15, 0.2) is 17.3 Å². The van der Waals surface area contributed by atoms with Crippen LogP contribution in [0, 0.1) is 41.3 Å². The SMILES string of the molecule is CCCC1CCC(C2CCC(C3CCC(C(=O)Oc4ccc(C(=O)CC)c(C(F)(F)F)c4F)CC3)CC2)CC1. The molecule has 0 heterocycles. The Hall–Kier alpha value is -1.92. The number of ketones is 1. The normalized spacial score (nSPS) is 30.1. The lowest BCUT2D eigenvalue weighted by Crippen LogP contribution is -2.32. The number of hydrogen-bond donors (Lipinski definition) is 0. The van der Waals surface area contributed by atoms with Crippen LogP contribution in [-0.2, 0) is 11.0 Å². The van der Waals surface area contributed by atoms with Crippen LogP contribution in [0.25, 0.3) is 0 Å². The summed E-state index contributed by atoms with van der Waals surface area (Å²) in [5.41, 5.74) is -2.39. The number of benzene rings is 1. The highest BCUT2D eigenvalue weighted by Gasteiger charge is 2.41. The Morgan fingerprint density at radius 2 is 1.28 bits per heavy atom. The van der Waals surface area contributed by atoms with Crippen molar-refractivity contribution in [2.24, 2.45) is 35.5 Å². The van der Waals surface area contributed by atoms with E-state index >= 15 is 0 Å². The average Bonchev–Trinajstić information content (AvgIpc) is 2.93. The first kappa shape index (κ1) is 30.0. The van der Waals surface area contributed by atoms with Crippen LogP contribution >= 0.6 is 0 Å². The van der Waals surface area contributed by atoms with E-state index in [1.54, 1.807) is 0 Å². The van der Waals surface area contributed by atoms with Crippen LogP contribution in [0.5, 0.6) is 5.75 Å². The number of alkyl halides is 3. The summed E-state index contributed by atoms with van der Waals surface area (Å²) in [4.78, 5) is 24.7. The Morgan fingerprint density at radius 1 is 0.795 bits per heavy atom. The quantitative estimate of drug-likeness (QED) is 0.140. The van der Waals surface area contributed by atoms with E-state index in [4.69, 9.17) is 4.74 Å². The number of carbonyl (C=O) groups is 2. The molecule has 0 aliphatic heterocycles. The molecule has 3 saturated carbocycles. The Balaban J connectivity index is 1.26. The number of carbonyl (C=O) groups excluding carboxylic acids is 2. The fourth-order valence-electron chi connectivity index (χ4n) is 7.80. The van der Waals surface area contributed by atoms with Crippen molar-refractivity contribution >= 4 is 11.8 Å². The van der Waals surface area contributed by atoms with E-state index in [1.165, 1.54) is 71.1 Å². The fraction of sp³-hybridized carbons (Fsp3) is 0.750. The summed E-state index contributed by atoms with van der Waals surface area (Å²) < 4.78 is 60.6. The summed E-state index contributed by atoms with van der Waals surface area (Å²) in [5.74, 6) is -0.429. The van der Waals surface area contributed by atoms with Crippen molar-refractivity contribution < 1.29 is 31.9 Å². The van der Waals surface area contributed by atoms with E-state index in [1.807, 2.05) is 0 Å². The monoisotopic (exact) mass is 552 g/mol. The second-order valence-electron chi connectivity index (χ2n) is 12.4. The minimum absolute atomic E-state index is 0.188. The van der Waals surface area contributed by atoms with Gasteiger partial charge in [0.1, 0.15) is 5.56 Å². The topological polar surface area (TPSA) is 43.4 Å². The Kier molecular flexibility index (Phi) is 10.1. The molecule has 0 saturated heterocycles. The zero-order chi connectivity index (χ0) is 28.2. The molecule has 0 radical (unpaired) electrons. The predicted octanol–water partition coefficient (Wildman–Crippen LogP) is 9.56. The summed E-state index contributed by atoms with van der Waals surface area (Å²) in [5, 5.41) is 0. The van der Waals surface area contributed by atoms with Gasteiger partial charge < -0.3 is 4.74 Å². The third-order valence-corrected chi connectivity index (χ3v) is 10.1. The number of ether oxygens (including phenoxy) is 1. The number of rotatable bonds is 8. The van der Waals surface area contributed by atoms with Gasteiger partial charge in [-0.3, -0.25) is 9.59 Å². The van der Waals surface area contributed by atoms with Crippen LogP contribution in [-0.4, -0.2) is 11.8 Å². The number of hydrogen-bond acceptors (Lipinski definition) is 3. The van der Waals surface area contributed by atoms with Crippen molar-refractivity contribution in [3.8, 4) is 5.75 Å². The summed E-state index contributed by atoms with van der Waals surface area (Å²) in [6.45, 7) is 3.70. The molecule has 0 spiro atoms. The zero-order valence-electron chi connectivity index (χ0n) is 23.5. The van der Waals surface area contributed by atoms with E-state index in [-0.39, 0.29) is 6.42 Å². The first-order valence-corrected chi connectivity index (χ1v) is 15.3. The molecule has 7 heteroatoms. The fourth-order valence-corrected chi connectivity index (χ4v) is 7.80. The molecule has 1 aromatic rings. The van der Waals surface area contributed by atoms with Crippen LogP contribution in [0.3, 0.4) is 0 Å². The van der Waals surface area contributed by atoms with Crippen LogP contribution in [0.4, 0.5) is 17.6 Å². The smallest absolute Gasteiger partial charge is 0.420 e. The van der Waals surface area contributed by atoms with Gasteiger partial charge in [-0.15, -0.1) is 0 Å². The van der Waals surface area contributed by atoms with Gasteiger partial charge in [0.05, 0.1) is 5.92 Å². The molecular formula is C32H44F4O3. The highest BCUT2D eigenvalue weighted by Crippen LogP contribution is 2.46. The lowest BCUT2D eigenvalue weighted by Gasteiger charge is -2.41.